The van der Waals surface area contributed by atoms with Gasteiger partial charge in [0, 0.05) is 33.5 Å². The Bertz CT molecular complexity index is 1140. The van der Waals surface area contributed by atoms with Gasteiger partial charge in [0.1, 0.15) is 0 Å². The zero-order chi connectivity index (χ0) is 19.5. The standard InChI is InChI=1S/C25H22BrNO/c1-25(2)13-20-23(21(28)14-25)22(16-7-10-17(26)11-8-16)19-12-9-15-5-3-4-6-18(15)24(19)27-20/h3-12,22,27H,13-14H2,1-2H3. The summed E-state index contributed by atoms with van der Waals surface area (Å²) in [6, 6.07) is 21.2. The highest BCUT2D eigenvalue weighted by atomic mass is 79.9. The van der Waals surface area contributed by atoms with Crippen LogP contribution in [0.1, 0.15) is 43.7 Å². The smallest absolute Gasteiger partial charge is 0.162 e. The van der Waals surface area contributed by atoms with Gasteiger partial charge in [-0.1, -0.05) is 78.3 Å². The molecule has 3 aromatic carbocycles. The van der Waals surface area contributed by atoms with Crippen LogP contribution in [-0.4, -0.2) is 5.78 Å². The summed E-state index contributed by atoms with van der Waals surface area (Å²) >= 11 is 3.54. The number of hydrogen-bond acceptors (Lipinski definition) is 2. The van der Waals surface area contributed by atoms with Crippen molar-refractivity contribution in [2.75, 3.05) is 5.32 Å². The summed E-state index contributed by atoms with van der Waals surface area (Å²) in [5, 5.41) is 6.12. The maximum atomic E-state index is 13.3. The molecule has 1 N–H and O–H groups in total. The summed E-state index contributed by atoms with van der Waals surface area (Å²) < 4.78 is 1.05. The minimum Gasteiger partial charge on any atom is -0.358 e. The number of fused-ring (bicyclic) bond motifs is 3. The van der Waals surface area contributed by atoms with Crippen molar-refractivity contribution in [1.82, 2.24) is 0 Å². The molecular weight excluding hydrogens is 410 g/mol. The van der Waals surface area contributed by atoms with Crippen molar-refractivity contribution in [1.29, 1.82) is 0 Å². The third kappa shape index (κ3) is 2.80. The van der Waals surface area contributed by atoms with E-state index in [1.165, 1.54) is 21.9 Å². The van der Waals surface area contributed by atoms with Crippen LogP contribution in [0.4, 0.5) is 5.69 Å². The van der Waals surface area contributed by atoms with Crippen LogP contribution >= 0.6 is 15.9 Å². The number of benzene rings is 3. The Balaban J connectivity index is 1.79. The molecule has 0 aromatic heterocycles. The third-order valence-electron chi connectivity index (χ3n) is 5.96. The minimum absolute atomic E-state index is 0.0186. The number of rotatable bonds is 1. The molecule has 1 atom stereocenters. The van der Waals surface area contributed by atoms with E-state index in [-0.39, 0.29) is 17.1 Å². The van der Waals surface area contributed by atoms with E-state index in [0.29, 0.717) is 6.42 Å². The quantitative estimate of drug-likeness (QED) is 0.458. The molecule has 1 aliphatic carbocycles. The van der Waals surface area contributed by atoms with Gasteiger partial charge in [0.25, 0.3) is 0 Å². The van der Waals surface area contributed by atoms with E-state index in [9.17, 15) is 4.79 Å². The lowest BCUT2D eigenvalue weighted by Crippen LogP contribution is -2.33. The van der Waals surface area contributed by atoms with Crippen LogP contribution in [0.3, 0.4) is 0 Å². The zero-order valence-electron chi connectivity index (χ0n) is 16.1. The molecule has 0 amide bonds. The van der Waals surface area contributed by atoms with E-state index in [2.05, 4.69) is 95.8 Å². The Morgan fingerprint density at radius 3 is 2.50 bits per heavy atom. The molecule has 0 saturated heterocycles. The van der Waals surface area contributed by atoms with E-state index >= 15 is 0 Å². The highest BCUT2D eigenvalue weighted by Gasteiger charge is 2.40. The average molecular weight is 432 g/mol. The summed E-state index contributed by atoms with van der Waals surface area (Å²) in [5.74, 6) is 0.248. The van der Waals surface area contributed by atoms with Gasteiger partial charge < -0.3 is 5.32 Å². The van der Waals surface area contributed by atoms with Crippen LogP contribution < -0.4 is 5.32 Å². The number of carbonyl (C=O) groups is 1. The Hall–Kier alpha value is -2.39. The lowest BCUT2D eigenvalue weighted by molar-refractivity contribution is -0.118. The van der Waals surface area contributed by atoms with Gasteiger partial charge >= 0.3 is 0 Å². The lowest BCUT2D eigenvalue weighted by Gasteiger charge is -2.40. The van der Waals surface area contributed by atoms with Crippen molar-refractivity contribution in [2.45, 2.75) is 32.6 Å². The minimum atomic E-state index is -0.0208. The topological polar surface area (TPSA) is 29.1 Å². The fourth-order valence-electron chi connectivity index (χ4n) is 4.76. The van der Waals surface area contributed by atoms with E-state index in [1.54, 1.807) is 0 Å². The summed E-state index contributed by atoms with van der Waals surface area (Å²) in [6.07, 6.45) is 1.49. The molecule has 0 saturated carbocycles. The summed E-state index contributed by atoms with van der Waals surface area (Å²) in [6.45, 7) is 4.37. The van der Waals surface area contributed by atoms with Crippen LogP contribution in [0.25, 0.3) is 10.8 Å². The molecule has 2 aliphatic rings. The van der Waals surface area contributed by atoms with Crippen LogP contribution in [0.5, 0.6) is 0 Å². The molecule has 1 aliphatic heterocycles. The first kappa shape index (κ1) is 17.7. The SMILES string of the molecule is CC1(C)CC(=O)C2=C(C1)Nc1c(ccc3ccccc13)C2c1ccc(Br)cc1. The average Bonchev–Trinajstić information content (AvgIpc) is 2.66. The van der Waals surface area contributed by atoms with E-state index in [1.807, 2.05) is 0 Å². The molecule has 0 spiro atoms. The van der Waals surface area contributed by atoms with Gasteiger partial charge in [-0.2, -0.15) is 0 Å². The van der Waals surface area contributed by atoms with Crippen LogP contribution in [0, 0.1) is 5.41 Å². The van der Waals surface area contributed by atoms with Crippen molar-refractivity contribution < 1.29 is 4.79 Å². The summed E-state index contributed by atoms with van der Waals surface area (Å²) in [4.78, 5) is 13.3. The monoisotopic (exact) mass is 431 g/mol. The first-order valence-corrected chi connectivity index (χ1v) is 10.5. The van der Waals surface area contributed by atoms with Gasteiger partial charge in [0.05, 0.1) is 5.69 Å². The van der Waals surface area contributed by atoms with Crippen molar-refractivity contribution in [3.05, 3.63) is 87.5 Å². The van der Waals surface area contributed by atoms with Gasteiger partial charge in [-0.05, 0) is 40.5 Å². The third-order valence-corrected chi connectivity index (χ3v) is 6.49. The van der Waals surface area contributed by atoms with Crippen LogP contribution in [0.15, 0.2) is 76.4 Å². The normalized spacial score (nSPS) is 20.5. The second-order valence-corrected chi connectivity index (χ2v) is 9.61. The number of allylic oxidation sites excluding steroid dienone is 2. The zero-order valence-corrected chi connectivity index (χ0v) is 17.6. The first-order valence-electron chi connectivity index (χ1n) is 9.73. The van der Waals surface area contributed by atoms with Gasteiger partial charge in [-0.3, -0.25) is 4.79 Å². The number of anilines is 1. The highest BCUT2D eigenvalue weighted by Crippen LogP contribution is 2.50. The Morgan fingerprint density at radius 1 is 0.964 bits per heavy atom. The number of nitrogens with one attached hydrogen (secondary N) is 1. The fraction of sp³-hybridized carbons (Fsp3) is 0.240. The number of hydrogen-bond donors (Lipinski definition) is 1. The van der Waals surface area contributed by atoms with Gasteiger partial charge in [0.2, 0.25) is 0 Å². The van der Waals surface area contributed by atoms with E-state index < -0.39 is 0 Å². The molecule has 1 heterocycles. The van der Waals surface area contributed by atoms with E-state index in [0.717, 1.165) is 27.9 Å². The van der Waals surface area contributed by atoms with Crippen molar-refractivity contribution >= 4 is 38.2 Å². The first-order chi connectivity index (χ1) is 13.4. The van der Waals surface area contributed by atoms with Crippen molar-refractivity contribution in [2.24, 2.45) is 5.41 Å². The fourth-order valence-corrected chi connectivity index (χ4v) is 5.02. The largest absolute Gasteiger partial charge is 0.358 e. The second kappa shape index (κ2) is 6.31. The molecule has 3 aromatic rings. The molecule has 5 rings (SSSR count). The number of ketones is 1. The molecule has 2 nitrogen and oxygen atoms in total. The molecule has 0 radical (unpaired) electrons. The van der Waals surface area contributed by atoms with Gasteiger partial charge in [-0.25, -0.2) is 0 Å². The maximum absolute atomic E-state index is 13.3. The molecule has 3 heteroatoms. The predicted molar refractivity (Wildman–Crippen MR) is 119 cm³/mol. The Morgan fingerprint density at radius 2 is 1.71 bits per heavy atom. The molecule has 0 bridgehead atoms. The number of halogens is 1. The number of carbonyl (C=O) groups excluding carboxylic acids is 1. The lowest BCUT2D eigenvalue weighted by atomic mass is 9.68. The Kier molecular flexibility index (Phi) is 3.99. The van der Waals surface area contributed by atoms with Gasteiger partial charge in [0.15, 0.2) is 5.78 Å². The van der Waals surface area contributed by atoms with Crippen LogP contribution in [-0.2, 0) is 4.79 Å². The molecule has 140 valence electrons. The maximum Gasteiger partial charge on any atom is 0.162 e. The van der Waals surface area contributed by atoms with Crippen molar-refractivity contribution in [3.8, 4) is 0 Å². The molecule has 1 unspecified atom stereocenters. The summed E-state index contributed by atoms with van der Waals surface area (Å²) in [5.41, 5.74) is 5.53. The van der Waals surface area contributed by atoms with Crippen molar-refractivity contribution in [3.63, 3.8) is 0 Å². The second-order valence-electron chi connectivity index (χ2n) is 8.69. The van der Waals surface area contributed by atoms with Crippen LogP contribution in [0.2, 0.25) is 0 Å². The van der Waals surface area contributed by atoms with E-state index in [4.69, 9.17) is 0 Å². The highest BCUT2D eigenvalue weighted by molar-refractivity contribution is 9.10. The predicted octanol–water partition coefficient (Wildman–Crippen LogP) is 6.80. The van der Waals surface area contributed by atoms with Gasteiger partial charge in [-0.15, -0.1) is 0 Å². The number of Topliss-reactive ketones (excluding diaryl/α,β-unsaturated/α-hetero) is 1. The summed E-state index contributed by atoms with van der Waals surface area (Å²) in [7, 11) is 0. The molecule has 0 fully saturated rings. The molecular formula is C25H22BrNO. The Labute approximate surface area is 173 Å². The molecule has 28 heavy (non-hydrogen) atoms.